The molecule has 0 fully saturated rings. The van der Waals surface area contributed by atoms with Gasteiger partial charge in [-0.3, -0.25) is 9.59 Å². The highest BCUT2D eigenvalue weighted by molar-refractivity contribution is 6.05. The molecular weight excluding hydrogens is 430 g/mol. The van der Waals surface area contributed by atoms with Gasteiger partial charge in [-0.15, -0.1) is 0 Å². The Balaban J connectivity index is 1.21. The van der Waals surface area contributed by atoms with E-state index in [-0.39, 0.29) is 11.8 Å². The largest absolute Gasteiger partial charge is 0.463 e. The van der Waals surface area contributed by atoms with Gasteiger partial charge in [0.2, 0.25) is 0 Å². The van der Waals surface area contributed by atoms with E-state index in [4.69, 9.17) is 4.42 Å². The highest BCUT2D eigenvalue weighted by atomic mass is 16.3. The maximum atomic E-state index is 13.1. The number of rotatable bonds is 3. The molecule has 1 N–H and O–H groups in total. The zero-order chi connectivity index (χ0) is 23.2. The first-order chi connectivity index (χ1) is 16.5. The molecule has 0 aliphatic carbocycles. The number of hydrogen-bond donors (Lipinski definition) is 1. The molecule has 8 nitrogen and oxygen atoms in total. The molecule has 0 unspecified atom stereocenters. The fourth-order valence-corrected chi connectivity index (χ4v) is 4.43. The fraction of sp³-hybridized carbons (Fsp3) is 0.154. The quantitative estimate of drug-likeness (QED) is 0.445. The van der Waals surface area contributed by atoms with Crippen molar-refractivity contribution >= 4 is 39.5 Å². The number of carbonyl (C=O) groups is 2. The Bertz CT molecular complexity index is 1580. The molecule has 0 bridgehead atoms. The van der Waals surface area contributed by atoms with Gasteiger partial charge in [0.15, 0.2) is 5.58 Å². The van der Waals surface area contributed by atoms with E-state index in [1.165, 1.54) is 0 Å². The van der Waals surface area contributed by atoms with Crippen molar-refractivity contribution in [2.45, 2.75) is 13.0 Å². The van der Waals surface area contributed by atoms with Crippen molar-refractivity contribution in [1.29, 1.82) is 0 Å². The summed E-state index contributed by atoms with van der Waals surface area (Å²) in [5, 5.41) is 3.82. The molecule has 0 saturated carbocycles. The number of aromatic nitrogens is 3. The lowest BCUT2D eigenvalue weighted by molar-refractivity contribution is 0.0729. The van der Waals surface area contributed by atoms with E-state index in [1.807, 2.05) is 54.1 Å². The average molecular weight is 451 g/mol. The Labute approximate surface area is 194 Å². The first-order valence-corrected chi connectivity index (χ1v) is 11.0. The zero-order valence-electron chi connectivity index (χ0n) is 18.5. The second kappa shape index (κ2) is 7.84. The van der Waals surface area contributed by atoms with E-state index in [2.05, 4.69) is 15.3 Å². The van der Waals surface area contributed by atoms with Gasteiger partial charge in [-0.05, 0) is 60.0 Å². The molecule has 34 heavy (non-hydrogen) atoms. The van der Waals surface area contributed by atoms with Crippen molar-refractivity contribution in [3.8, 4) is 0 Å². The predicted octanol–water partition coefficient (Wildman–Crippen LogP) is 4.17. The molecule has 2 amide bonds. The first kappa shape index (κ1) is 20.2. The van der Waals surface area contributed by atoms with Gasteiger partial charge in [0.25, 0.3) is 11.8 Å². The van der Waals surface area contributed by atoms with E-state index < -0.39 is 0 Å². The number of benzene rings is 2. The molecule has 168 valence electrons. The monoisotopic (exact) mass is 451 g/mol. The number of furan rings is 1. The summed E-state index contributed by atoms with van der Waals surface area (Å²) in [6, 6.07) is 14.9. The van der Waals surface area contributed by atoms with Gasteiger partial charge in [-0.25, -0.2) is 9.97 Å². The third kappa shape index (κ3) is 3.49. The van der Waals surface area contributed by atoms with Crippen LogP contribution in [0.2, 0.25) is 0 Å². The standard InChI is InChI=1S/C26H21N5O3/c1-30-15-28-21-5-4-20(12-23(21)30)29-25(32)18-3-2-16-6-8-31(14-19(16)10-18)26(33)22-11-17-7-9-34-24(17)13-27-22/h2-5,7,9-13,15H,6,8,14H2,1H3,(H,29,32). The summed E-state index contributed by atoms with van der Waals surface area (Å²) in [6.45, 7) is 1.04. The van der Waals surface area contributed by atoms with Crippen LogP contribution in [0.4, 0.5) is 5.69 Å². The highest BCUT2D eigenvalue weighted by Gasteiger charge is 2.24. The molecule has 0 spiro atoms. The number of imidazole rings is 1. The van der Waals surface area contributed by atoms with Crippen molar-refractivity contribution in [3.63, 3.8) is 0 Å². The molecule has 6 rings (SSSR count). The Kier molecular flexibility index (Phi) is 4.65. The summed E-state index contributed by atoms with van der Waals surface area (Å²) in [5.41, 5.74) is 6.23. The van der Waals surface area contributed by atoms with Gasteiger partial charge in [-0.2, -0.15) is 0 Å². The number of aryl methyl sites for hydroxylation is 1. The van der Waals surface area contributed by atoms with Gasteiger partial charge in [0.05, 0.1) is 29.8 Å². The van der Waals surface area contributed by atoms with Crippen LogP contribution >= 0.6 is 0 Å². The van der Waals surface area contributed by atoms with Crippen molar-refractivity contribution in [1.82, 2.24) is 19.4 Å². The Morgan fingerprint density at radius 2 is 1.94 bits per heavy atom. The lowest BCUT2D eigenvalue weighted by Crippen LogP contribution is -2.36. The molecular formula is C26H21N5O3. The maximum absolute atomic E-state index is 13.1. The van der Waals surface area contributed by atoms with Crippen LogP contribution < -0.4 is 5.32 Å². The van der Waals surface area contributed by atoms with Crippen molar-refractivity contribution in [3.05, 3.63) is 89.7 Å². The Hall–Kier alpha value is -4.46. The van der Waals surface area contributed by atoms with E-state index in [0.717, 1.165) is 34.0 Å². The number of anilines is 1. The third-order valence-electron chi connectivity index (χ3n) is 6.31. The first-order valence-electron chi connectivity index (χ1n) is 11.0. The molecule has 3 aromatic heterocycles. The summed E-state index contributed by atoms with van der Waals surface area (Å²) in [6.07, 6.45) is 5.63. The highest BCUT2D eigenvalue weighted by Crippen LogP contribution is 2.24. The smallest absolute Gasteiger partial charge is 0.272 e. The number of nitrogens with one attached hydrogen (secondary N) is 1. The minimum Gasteiger partial charge on any atom is -0.463 e. The number of fused-ring (bicyclic) bond motifs is 3. The van der Waals surface area contributed by atoms with Crippen molar-refractivity contribution in [2.24, 2.45) is 7.05 Å². The molecule has 0 saturated heterocycles. The van der Waals surface area contributed by atoms with Gasteiger partial charge in [-0.1, -0.05) is 6.07 Å². The van der Waals surface area contributed by atoms with Crippen LogP contribution in [0.3, 0.4) is 0 Å². The summed E-state index contributed by atoms with van der Waals surface area (Å²) in [5.74, 6) is -0.326. The summed E-state index contributed by atoms with van der Waals surface area (Å²) in [7, 11) is 1.92. The van der Waals surface area contributed by atoms with Crippen LogP contribution in [0.1, 0.15) is 32.0 Å². The zero-order valence-corrected chi connectivity index (χ0v) is 18.5. The molecule has 0 atom stereocenters. The van der Waals surface area contributed by atoms with Gasteiger partial charge in [0.1, 0.15) is 5.69 Å². The Morgan fingerprint density at radius 3 is 2.85 bits per heavy atom. The molecule has 0 radical (unpaired) electrons. The summed E-state index contributed by atoms with van der Waals surface area (Å²) in [4.78, 5) is 36.4. The third-order valence-corrected chi connectivity index (χ3v) is 6.31. The topological polar surface area (TPSA) is 93.3 Å². The van der Waals surface area contributed by atoms with Crippen LogP contribution in [-0.2, 0) is 20.0 Å². The second-order valence-electron chi connectivity index (χ2n) is 8.50. The van der Waals surface area contributed by atoms with Crippen LogP contribution in [0.5, 0.6) is 0 Å². The van der Waals surface area contributed by atoms with Gasteiger partial charge in [0, 0.05) is 36.8 Å². The van der Waals surface area contributed by atoms with Crippen molar-refractivity contribution < 1.29 is 14.0 Å². The number of carbonyl (C=O) groups excluding carboxylic acids is 2. The number of amides is 2. The molecule has 4 heterocycles. The molecule has 1 aliphatic heterocycles. The Morgan fingerprint density at radius 1 is 1.03 bits per heavy atom. The lowest BCUT2D eigenvalue weighted by Gasteiger charge is -2.29. The predicted molar refractivity (Wildman–Crippen MR) is 128 cm³/mol. The maximum Gasteiger partial charge on any atom is 0.272 e. The molecule has 2 aromatic carbocycles. The van der Waals surface area contributed by atoms with Crippen LogP contribution in [-0.4, -0.2) is 37.8 Å². The number of hydrogen-bond acceptors (Lipinski definition) is 5. The van der Waals surface area contributed by atoms with Crippen LogP contribution in [0, 0.1) is 0 Å². The van der Waals surface area contributed by atoms with E-state index >= 15 is 0 Å². The SMILES string of the molecule is Cn1cnc2ccc(NC(=O)c3ccc4c(c3)CN(C(=O)c3cc5ccoc5cn3)CC4)cc21. The van der Waals surface area contributed by atoms with Crippen LogP contribution in [0.25, 0.3) is 22.0 Å². The van der Waals surface area contributed by atoms with E-state index in [9.17, 15) is 9.59 Å². The minimum absolute atomic E-state index is 0.131. The normalized spacial score (nSPS) is 13.3. The van der Waals surface area contributed by atoms with Gasteiger partial charge < -0.3 is 19.2 Å². The van der Waals surface area contributed by atoms with Crippen molar-refractivity contribution in [2.75, 3.05) is 11.9 Å². The van der Waals surface area contributed by atoms with E-state index in [0.29, 0.717) is 35.6 Å². The van der Waals surface area contributed by atoms with E-state index in [1.54, 1.807) is 29.8 Å². The molecule has 1 aliphatic rings. The minimum atomic E-state index is -0.195. The molecule has 5 aromatic rings. The lowest BCUT2D eigenvalue weighted by atomic mass is 9.96. The average Bonchev–Trinajstić information content (AvgIpc) is 3.49. The summed E-state index contributed by atoms with van der Waals surface area (Å²) < 4.78 is 7.23. The fourth-order valence-electron chi connectivity index (χ4n) is 4.43. The second-order valence-corrected chi connectivity index (χ2v) is 8.50. The summed E-state index contributed by atoms with van der Waals surface area (Å²) >= 11 is 0. The number of pyridine rings is 1. The molecule has 8 heteroatoms. The number of nitrogens with zero attached hydrogens (tertiary/aromatic N) is 4. The van der Waals surface area contributed by atoms with Crippen LogP contribution in [0.15, 0.2) is 71.7 Å². The van der Waals surface area contributed by atoms with Gasteiger partial charge >= 0.3 is 0 Å².